The van der Waals surface area contributed by atoms with Crippen molar-refractivity contribution in [1.82, 2.24) is 10.2 Å². The van der Waals surface area contributed by atoms with Gasteiger partial charge in [0.2, 0.25) is 0 Å². The molecule has 1 heterocycles. The van der Waals surface area contributed by atoms with Crippen molar-refractivity contribution in [3.8, 4) is 11.3 Å². The van der Waals surface area contributed by atoms with Gasteiger partial charge in [0, 0.05) is 18.7 Å². The van der Waals surface area contributed by atoms with Gasteiger partial charge in [-0.15, -0.1) is 0 Å². The van der Waals surface area contributed by atoms with Gasteiger partial charge in [-0.25, -0.2) is 0 Å². The fraction of sp³-hybridized carbons (Fsp3) is 0.250. The third kappa shape index (κ3) is 2.01. The standard InChI is InChI=1S/C12H15N3/c1-8-4-9(2)6-10(5-8)11-7-12(13-3)15-14-11/h4-7H,1-3H3,(H2,13,14,15). The van der Waals surface area contributed by atoms with Crippen LogP contribution >= 0.6 is 0 Å². The summed E-state index contributed by atoms with van der Waals surface area (Å²) in [5.41, 5.74) is 4.77. The third-order valence-electron chi connectivity index (χ3n) is 2.37. The summed E-state index contributed by atoms with van der Waals surface area (Å²) in [6.45, 7) is 4.21. The molecule has 0 aliphatic rings. The lowest BCUT2D eigenvalue weighted by Crippen LogP contribution is -1.85. The zero-order valence-corrected chi connectivity index (χ0v) is 9.26. The molecule has 0 aliphatic carbocycles. The first-order chi connectivity index (χ1) is 7.19. The lowest BCUT2D eigenvalue weighted by atomic mass is 10.1. The summed E-state index contributed by atoms with van der Waals surface area (Å²) in [6.07, 6.45) is 0. The molecule has 3 nitrogen and oxygen atoms in total. The fourth-order valence-electron chi connectivity index (χ4n) is 1.73. The van der Waals surface area contributed by atoms with E-state index in [1.165, 1.54) is 16.7 Å². The number of hydrogen-bond donors (Lipinski definition) is 2. The van der Waals surface area contributed by atoms with Crippen LogP contribution in [0.2, 0.25) is 0 Å². The Morgan fingerprint density at radius 2 is 1.73 bits per heavy atom. The zero-order chi connectivity index (χ0) is 10.8. The van der Waals surface area contributed by atoms with Gasteiger partial charge in [-0.1, -0.05) is 17.2 Å². The Morgan fingerprint density at radius 3 is 2.27 bits per heavy atom. The molecule has 0 saturated carbocycles. The van der Waals surface area contributed by atoms with Gasteiger partial charge in [-0.3, -0.25) is 5.10 Å². The van der Waals surface area contributed by atoms with Crippen LogP contribution in [0.3, 0.4) is 0 Å². The first-order valence-corrected chi connectivity index (χ1v) is 5.01. The Bertz CT molecular complexity index is 451. The maximum absolute atomic E-state index is 4.13. The van der Waals surface area contributed by atoms with Crippen molar-refractivity contribution in [2.45, 2.75) is 13.8 Å². The molecule has 2 aromatic rings. The molecule has 0 unspecified atom stereocenters. The predicted octanol–water partition coefficient (Wildman–Crippen LogP) is 2.74. The number of aromatic amines is 1. The van der Waals surface area contributed by atoms with E-state index < -0.39 is 0 Å². The van der Waals surface area contributed by atoms with Crippen molar-refractivity contribution in [3.05, 3.63) is 35.4 Å². The summed E-state index contributed by atoms with van der Waals surface area (Å²) >= 11 is 0. The summed E-state index contributed by atoms with van der Waals surface area (Å²) in [6, 6.07) is 8.48. The van der Waals surface area contributed by atoms with Crippen molar-refractivity contribution in [2.75, 3.05) is 12.4 Å². The lowest BCUT2D eigenvalue weighted by molar-refractivity contribution is 1.09. The van der Waals surface area contributed by atoms with Gasteiger partial charge in [0.1, 0.15) is 5.82 Å². The Balaban J connectivity index is 2.44. The third-order valence-corrected chi connectivity index (χ3v) is 2.37. The average molecular weight is 201 g/mol. The number of H-pyrrole nitrogens is 1. The highest BCUT2D eigenvalue weighted by Crippen LogP contribution is 2.21. The molecule has 78 valence electrons. The van der Waals surface area contributed by atoms with Crippen LogP contribution in [0.1, 0.15) is 11.1 Å². The lowest BCUT2D eigenvalue weighted by Gasteiger charge is -2.01. The highest BCUT2D eigenvalue weighted by atomic mass is 15.2. The van der Waals surface area contributed by atoms with Crippen LogP contribution in [-0.2, 0) is 0 Å². The summed E-state index contributed by atoms with van der Waals surface area (Å²) in [5, 5.41) is 10.2. The zero-order valence-electron chi connectivity index (χ0n) is 9.26. The van der Waals surface area contributed by atoms with Crippen LogP contribution in [-0.4, -0.2) is 17.2 Å². The topological polar surface area (TPSA) is 40.7 Å². The number of aromatic nitrogens is 2. The second-order valence-electron chi connectivity index (χ2n) is 3.79. The van der Waals surface area contributed by atoms with E-state index in [9.17, 15) is 0 Å². The Kier molecular flexibility index (Phi) is 2.46. The Hall–Kier alpha value is -1.77. The molecular weight excluding hydrogens is 186 g/mol. The van der Waals surface area contributed by atoms with Crippen LogP contribution < -0.4 is 5.32 Å². The molecule has 1 aromatic carbocycles. The van der Waals surface area contributed by atoms with Gasteiger partial charge >= 0.3 is 0 Å². The molecule has 0 radical (unpaired) electrons. The number of aryl methyl sites for hydroxylation is 2. The smallest absolute Gasteiger partial charge is 0.148 e. The molecule has 2 rings (SSSR count). The minimum atomic E-state index is 0.865. The summed E-state index contributed by atoms with van der Waals surface area (Å²) in [4.78, 5) is 0. The monoisotopic (exact) mass is 201 g/mol. The Labute approximate surface area is 89.5 Å². The minimum Gasteiger partial charge on any atom is -0.372 e. The van der Waals surface area contributed by atoms with Gasteiger partial charge in [0.05, 0.1) is 5.69 Å². The van der Waals surface area contributed by atoms with E-state index in [0.717, 1.165) is 11.5 Å². The van der Waals surface area contributed by atoms with E-state index in [1.54, 1.807) is 0 Å². The number of nitrogens with one attached hydrogen (secondary N) is 2. The molecule has 0 bridgehead atoms. The van der Waals surface area contributed by atoms with Gasteiger partial charge in [0.25, 0.3) is 0 Å². The van der Waals surface area contributed by atoms with E-state index >= 15 is 0 Å². The molecule has 0 amide bonds. The van der Waals surface area contributed by atoms with Crippen LogP contribution in [0, 0.1) is 13.8 Å². The number of nitrogens with zero attached hydrogens (tertiary/aromatic N) is 1. The van der Waals surface area contributed by atoms with Crippen molar-refractivity contribution < 1.29 is 0 Å². The first-order valence-electron chi connectivity index (χ1n) is 5.01. The summed E-state index contributed by atoms with van der Waals surface area (Å²) in [5.74, 6) is 0.865. The summed E-state index contributed by atoms with van der Waals surface area (Å²) in [7, 11) is 1.86. The molecule has 15 heavy (non-hydrogen) atoms. The van der Waals surface area contributed by atoms with Crippen LogP contribution in [0.5, 0.6) is 0 Å². The fourth-order valence-corrected chi connectivity index (χ4v) is 1.73. The molecule has 0 aliphatic heterocycles. The maximum atomic E-state index is 4.13. The summed E-state index contributed by atoms with van der Waals surface area (Å²) < 4.78 is 0. The molecule has 0 spiro atoms. The second kappa shape index (κ2) is 3.77. The minimum absolute atomic E-state index is 0.865. The van der Waals surface area contributed by atoms with Crippen LogP contribution in [0.25, 0.3) is 11.3 Å². The van der Waals surface area contributed by atoms with Gasteiger partial charge < -0.3 is 5.32 Å². The van der Waals surface area contributed by atoms with Crippen molar-refractivity contribution >= 4 is 5.82 Å². The molecule has 1 aromatic heterocycles. The number of anilines is 1. The SMILES string of the molecule is CNc1cc(-c2cc(C)cc(C)c2)[nH]n1. The number of rotatable bonds is 2. The van der Waals surface area contributed by atoms with Gasteiger partial charge in [-0.05, 0) is 26.0 Å². The number of hydrogen-bond acceptors (Lipinski definition) is 2. The quantitative estimate of drug-likeness (QED) is 0.784. The molecular formula is C12H15N3. The van der Waals surface area contributed by atoms with Crippen molar-refractivity contribution in [2.24, 2.45) is 0 Å². The molecule has 2 N–H and O–H groups in total. The van der Waals surface area contributed by atoms with Crippen molar-refractivity contribution in [3.63, 3.8) is 0 Å². The van der Waals surface area contributed by atoms with Crippen LogP contribution in [0.4, 0.5) is 5.82 Å². The highest BCUT2D eigenvalue weighted by Gasteiger charge is 2.03. The van der Waals surface area contributed by atoms with Crippen molar-refractivity contribution in [1.29, 1.82) is 0 Å². The van der Waals surface area contributed by atoms with Gasteiger partial charge in [-0.2, -0.15) is 5.10 Å². The normalized spacial score (nSPS) is 10.3. The molecule has 0 fully saturated rings. The van der Waals surface area contributed by atoms with E-state index in [4.69, 9.17) is 0 Å². The maximum Gasteiger partial charge on any atom is 0.148 e. The molecule has 0 saturated heterocycles. The second-order valence-corrected chi connectivity index (χ2v) is 3.79. The van der Waals surface area contributed by atoms with Gasteiger partial charge in [0.15, 0.2) is 0 Å². The largest absolute Gasteiger partial charge is 0.372 e. The van der Waals surface area contributed by atoms with Crippen LogP contribution in [0.15, 0.2) is 24.3 Å². The highest BCUT2D eigenvalue weighted by molar-refractivity contribution is 5.64. The van der Waals surface area contributed by atoms with E-state index in [0.29, 0.717) is 0 Å². The molecule has 0 atom stereocenters. The average Bonchev–Trinajstić information content (AvgIpc) is 2.64. The molecule has 3 heteroatoms. The van der Waals surface area contributed by atoms with E-state index in [-0.39, 0.29) is 0 Å². The van der Waals surface area contributed by atoms with E-state index in [2.05, 4.69) is 47.6 Å². The van der Waals surface area contributed by atoms with E-state index in [1.807, 2.05) is 13.1 Å². The Morgan fingerprint density at radius 1 is 1.07 bits per heavy atom. The number of benzene rings is 1. The predicted molar refractivity (Wildman–Crippen MR) is 63.0 cm³/mol. The first kappa shape index (κ1) is 9.77.